The maximum Gasteiger partial charge on any atom is 0.231 e. The molecule has 0 aromatic heterocycles. The number of hydrogen-bond acceptors (Lipinski definition) is 5. The van der Waals surface area contributed by atoms with Gasteiger partial charge in [0.1, 0.15) is 17.7 Å². The predicted octanol–water partition coefficient (Wildman–Crippen LogP) is 5.00. The van der Waals surface area contributed by atoms with Gasteiger partial charge in [0.05, 0.1) is 10.5 Å². The van der Waals surface area contributed by atoms with Crippen LogP contribution in [0, 0.1) is 5.82 Å². The molecular weight excluding hydrogens is 451 g/mol. The fraction of sp³-hybridized carbons (Fsp3) is 0.130. The van der Waals surface area contributed by atoms with Gasteiger partial charge in [-0.3, -0.25) is 5.32 Å². The first-order chi connectivity index (χ1) is 14.6. The average Bonchev–Trinajstić information content (AvgIpc) is 3.23. The highest BCUT2D eigenvalue weighted by atomic mass is 79.9. The standard InChI is InChI=1S/C23H18BrFN2O3/c24-16-9-14(5-7-17(16)25)23-26-18(13-6-8-21-22(10-13)30-12-29-21)11-19(27-23)15-3-1-2-4-20(15)28/h1-11,19,23,26-28H,12H2. The zero-order valence-corrected chi connectivity index (χ0v) is 17.3. The van der Waals surface area contributed by atoms with Crippen LogP contribution in [-0.2, 0) is 0 Å². The van der Waals surface area contributed by atoms with E-state index in [4.69, 9.17) is 9.47 Å². The molecule has 2 aliphatic rings. The van der Waals surface area contributed by atoms with Gasteiger partial charge in [-0.1, -0.05) is 24.3 Å². The number of hydrogen-bond donors (Lipinski definition) is 3. The lowest BCUT2D eigenvalue weighted by Gasteiger charge is -2.33. The zero-order chi connectivity index (χ0) is 20.7. The van der Waals surface area contributed by atoms with Crippen LogP contribution in [0.25, 0.3) is 5.70 Å². The Morgan fingerprint density at radius 3 is 2.67 bits per heavy atom. The molecule has 5 nitrogen and oxygen atoms in total. The first-order valence-electron chi connectivity index (χ1n) is 9.46. The van der Waals surface area contributed by atoms with Gasteiger partial charge in [-0.25, -0.2) is 4.39 Å². The molecule has 3 N–H and O–H groups in total. The van der Waals surface area contributed by atoms with Crippen LogP contribution in [0.4, 0.5) is 4.39 Å². The van der Waals surface area contributed by atoms with Crippen molar-refractivity contribution in [2.75, 3.05) is 6.79 Å². The van der Waals surface area contributed by atoms with Gasteiger partial charge < -0.3 is 19.9 Å². The van der Waals surface area contributed by atoms with Gasteiger partial charge >= 0.3 is 0 Å². The molecule has 0 spiro atoms. The molecular formula is C23H18BrFN2O3. The van der Waals surface area contributed by atoms with E-state index in [0.717, 1.165) is 22.4 Å². The summed E-state index contributed by atoms with van der Waals surface area (Å²) in [6, 6.07) is 17.6. The molecule has 0 amide bonds. The monoisotopic (exact) mass is 468 g/mol. The first kappa shape index (κ1) is 19.0. The maximum absolute atomic E-state index is 13.8. The van der Waals surface area contributed by atoms with Crippen LogP contribution >= 0.6 is 15.9 Å². The van der Waals surface area contributed by atoms with Crippen molar-refractivity contribution in [2.45, 2.75) is 12.2 Å². The minimum absolute atomic E-state index is 0.206. The van der Waals surface area contributed by atoms with Crippen LogP contribution in [0.3, 0.4) is 0 Å². The van der Waals surface area contributed by atoms with Crippen LogP contribution in [-0.4, -0.2) is 11.9 Å². The molecule has 2 heterocycles. The average molecular weight is 469 g/mol. The van der Waals surface area contributed by atoms with Gasteiger partial charge in [0.2, 0.25) is 6.79 Å². The molecule has 30 heavy (non-hydrogen) atoms. The molecule has 0 saturated carbocycles. The summed E-state index contributed by atoms with van der Waals surface area (Å²) in [6.07, 6.45) is 1.71. The van der Waals surface area contributed by atoms with E-state index in [9.17, 15) is 9.50 Å². The molecule has 0 radical (unpaired) electrons. The molecule has 5 rings (SSSR count). The fourth-order valence-electron chi connectivity index (χ4n) is 3.68. The van der Waals surface area contributed by atoms with Crippen LogP contribution in [0.1, 0.15) is 28.9 Å². The highest BCUT2D eigenvalue weighted by molar-refractivity contribution is 9.10. The Labute approximate surface area is 181 Å². The molecule has 0 saturated heterocycles. The van der Waals surface area contributed by atoms with E-state index < -0.39 is 0 Å². The van der Waals surface area contributed by atoms with E-state index in [-0.39, 0.29) is 30.6 Å². The minimum Gasteiger partial charge on any atom is -0.508 e. The minimum atomic E-state index is -0.321. The molecule has 7 heteroatoms. The summed E-state index contributed by atoms with van der Waals surface area (Å²) in [6.45, 7) is 0.208. The van der Waals surface area contributed by atoms with E-state index >= 15 is 0 Å². The fourth-order valence-corrected chi connectivity index (χ4v) is 4.08. The lowest BCUT2D eigenvalue weighted by molar-refractivity contribution is 0.174. The number of rotatable bonds is 3. The molecule has 3 aromatic carbocycles. The Hall–Kier alpha value is -3.03. The molecule has 0 bridgehead atoms. The van der Waals surface area contributed by atoms with Gasteiger partial charge in [0.25, 0.3) is 0 Å². The molecule has 3 aromatic rings. The Morgan fingerprint density at radius 2 is 1.83 bits per heavy atom. The smallest absolute Gasteiger partial charge is 0.231 e. The van der Waals surface area contributed by atoms with Crippen molar-refractivity contribution in [3.63, 3.8) is 0 Å². The third-order valence-corrected chi connectivity index (χ3v) is 5.82. The lowest BCUT2D eigenvalue weighted by atomic mass is 9.97. The number of aromatic hydroxyl groups is 1. The van der Waals surface area contributed by atoms with Gasteiger partial charge in [-0.2, -0.15) is 0 Å². The Balaban J connectivity index is 1.57. The number of benzene rings is 3. The number of phenolic OH excluding ortho intramolecular Hbond substituents is 1. The number of halogens is 2. The van der Waals surface area contributed by atoms with Crippen molar-refractivity contribution in [1.29, 1.82) is 0 Å². The second-order valence-corrected chi connectivity index (χ2v) is 7.96. The van der Waals surface area contributed by atoms with Gasteiger partial charge in [-0.05, 0) is 64.0 Å². The maximum atomic E-state index is 13.8. The van der Waals surface area contributed by atoms with Crippen molar-refractivity contribution < 1.29 is 19.0 Å². The molecule has 2 atom stereocenters. The van der Waals surface area contributed by atoms with Crippen LogP contribution in [0.5, 0.6) is 17.2 Å². The van der Waals surface area contributed by atoms with Gasteiger partial charge in [0, 0.05) is 16.8 Å². The molecule has 2 aliphatic heterocycles. The largest absolute Gasteiger partial charge is 0.508 e. The summed E-state index contributed by atoms with van der Waals surface area (Å²) in [7, 11) is 0. The van der Waals surface area contributed by atoms with E-state index in [1.807, 2.05) is 36.4 Å². The molecule has 152 valence electrons. The Bertz CT molecular complexity index is 1150. The van der Waals surface area contributed by atoms with Gasteiger partial charge in [0.15, 0.2) is 11.5 Å². The number of para-hydroxylation sites is 1. The predicted molar refractivity (Wildman–Crippen MR) is 115 cm³/mol. The molecule has 0 fully saturated rings. The normalized spacial score (nSPS) is 19.9. The highest BCUT2D eigenvalue weighted by Crippen LogP contribution is 2.37. The van der Waals surface area contributed by atoms with Crippen molar-refractivity contribution in [3.8, 4) is 17.2 Å². The van der Waals surface area contributed by atoms with Crippen molar-refractivity contribution >= 4 is 21.6 Å². The van der Waals surface area contributed by atoms with Crippen LogP contribution in [0.15, 0.2) is 71.2 Å². The zero-order valence-electron chi connectivity index (χ0n) is 15.7. The number of phenols is 1. The Kier molecular flexibility index (Phi) is 4.84. The van der Waals surface area contributed by atoms with Crippen molar-refractivity contribution in [1.82, 2.24) is 10.6 Å². The topological polar surface area (TPSA) is 62.8 Å². The van der Waals surface area contributed by atoms with Crippen LogP contribution < -0.4 is 20.1 Å². The quantitative estimate of drug-likeness (QED) is 0.504. The number of nitrogens with one attached hydrogen (secondary N) is 2. The third kappa shape index (κ3) is 3.51. The van der Waals surface area contributed by atoms with Gasteiger partial charge in [-0.15, -0.1) is 0 Å². The molecule has 0 aliphatic carbocycles. The summed E-state index contributed by atoms with van der Waals surface area (Å²) in [5, 5.41) is 17.4. The summed E-state index contributed by atoms with van der Waals surface area (Å²) in [5.74, 6) is 1.29. The Morgan fingerprint density at radius 1 is 1.00 bits per heavy atom. The summed E-state index contributed by atoms with van der Waals surface area (Å²) in [5.41, 5.74) is 3.40. The highest BCUT2D eigenvalue weighted by Gasteiger charge is 2.27. The number of ether oxygens (including phenoxy) is 2. The summed E-state index contributed by atoms with van der Waals surface area (Å²) >= 11 is 3.26. The van der Waals surface area contributed by atoms with E-state index in [1.165, 1.54) is 6.07 Å². The molecule has 2 unspecified atom stereocenters. The lowest BCUT2D eigenvalue weighted by Crippen LogP contribution is -2.39. The van der Waals surface area contributed by atoms with E-state index in [2.05, 4.69) is 26.6 Å². The van der Waals surface area contributed by atoms with Crippen molar-refractivity contribution in [2.24, 2.45) is 0 Å². The first-order valence-corrected chi connectivity index (χ1v) is 10.2. The second-order valence-electron chi connectivity index (χ2n) is 7.10. The number of fused-ring (bicyclic) bond motifs is 1. The van der Waals surface area contributed by atoms with Crippen LogP contribution in [0.2, 0.25) is 0 Å². The summed E-state index contributed by atoms with van der Waals surface area (Å²) < 4.78 is 25.1. The SMILES string of the molecule is Oc1ccccc1C1C=C(c2ccc3c(c2)OCO3)NC(c2ccc(F)c(Br)c2)N1. The second kappa shape index (κ2) is 7.66. The third-order valence-electron chi connectivity index (χ3n) is 5.21. The summed E-state index contributed by atoms with van der Waals surface area (Å²) in [4.78, 5) is 0. The van der Waals surface area contributed by atoms with E-state index in [0.29, 0.717) is 16.0 Å². The van der Waals surface area contributed by atoms with Crippen molar-refractivity contribution in [3.05, 3.63) is 93.7 Å². The van der Waals surface area contributed by atoms with E-state index in [1.54, 1.807) is 24.3 Å².